The lowest BCUT2D eigenvalue weighted by Crippen LogP contribution is -2.30. The van der Waals surface area contributed by atoms with E-state index in [9.17, 15) is 0 Å². The smallest absolute Gasteiger partial charge is 0.0685 e. The van der Waals surface area contributed by atoms with Gasteiger partial charge in [-0.1, -0.05) is 6.92 Å². The molecule has 0 saturated heterocycles. The molecule has 0 aliphatic carbocycles. The van der Waals surface area contributed by atoms with Crippen LogP contribution in [0.3, 0.4) is 0 Å². The third kappa shape index (κ3) is 0.909. The van der Waals surface area contributed by atoms with Crippen LogP contribution in [0.25, 0.3) is 0 Å². The number of anilines is 1. The fourth-order valence-corrected chi connectivity index (χ4v) is 1.67. The van der Waals surface area contributed by atoms with Gasteiger partial charge in [0.1, 0.15) is 0 Å². The molecular formula is C10H14N2. The van der Waals surface area contributed by atoms with Crippen molar-refractivity contribution in [2.75, 3.05) is 5.32 Å². The van der Waals surface area contributed by atoms with E-state index < -0.39 is 0 Å². The topological polar surface area (TPSA) is 24.9 Å². The van der Waals surface area contributed by atoms with Crippen LogP contribution in [-0.2, 0) is 0 Å². The van der Waals surface area contributed by atoms with Crippen molar-refractivity contribution >= 4 is 5.69 Å². The Bertz CT molecular complexity index is 304. The molecule has 0 saturated carbocycles. The normalized spacial score (nSPS) is 24.8. The second-order valence-electron chi connectivity index (χ2n) is 4.00. The number of aromatic nitrogens is 1. The average molecular weight is 162 g/mol. The van der Waals surface area contributed by atoms with Crippen molar-refractivity contribution in [1.29, 1.82) is 0 Å². The lowest BCUT2D eigenvalue weighted by atomic mass is 9.90. The Hall–Kier alpha value is -1.05. The molecule has 0 radical (unpaired) electrons. The first-order chi connectivity index (χ1) is 5.61. The summed E-state index contributed by atoms with van der Waals surface area (Å²) in [4.78, 5) is 4.37. The first kappa shape index (κ1) is 7.59. The zero-order chi connectivity index (χ0) is 8.77. The number of rotatable bonds is 0. The van der Waals surface area contributed by atoms with Gasteiger partial charge in [0.15, 0.2) is 0 Å². The fourth-order valence-electron chi connectivity index (χ4n) is 1.67. The first-order valence-corrected chi connectivity index (χ1v) is 4.34. The van der Waals surface area contributed by atoms with Gasteiger partial charge in [0.2, 0.25) is 0 Å². The summed E-state index contributed by atoms with van der Waals surface area (Å²) in [6.45, 7) is 6.63. The van der Waals surface area contributed by atoms with Crippen molar-refractivity contribution in [1.82, 2.24) is 4.98 Å². The van der Waals surface area contributed by atoms with Crippen LogP contribution in [-0.4, -0.2) is 10.5 Å². The molecule has 1 aliphatic heterocycles. The molecule has 2 heterocycles. The molecule has 12 heavy (non-hydrogen) atoms. The third-order valence-electron chi connectivity index (χ3n) is 2.79. The first-order valence-electron chi connectivity index (χ1n) is 4.34. The minimum absolute atomic E-state index is 0.149. The molecule has 0 spiro atoms. The summed E-state index contributed by atoms with van der Waals surface area (Å²) in [6, 6.07) is 4.06. The van der Waals surface area contributed by atoms with Crippen LogP contribution in [0.4, 0.5) is 5.69 Å². The maximum absolute atomic E-state index is 4.37. The second-order valence-corrected chi connectivity index (χ2v) is 4.00. The molecule has 0 amide bonds. The largest absolute Gasteiger partial charge is 0.378 e. The van der Waals surface area contributed by atoms with E-state index in [1.54, 1.807) is 0 Å². The third-order valence-corrected chi connectivity index (χ3v) is 2.79. The predicted octanol–water partition coefficient (Wildman–Crippen LogP) is 2.39. The Balaban J connectivity index is 2.49. The lowest BCUT2D eigenvalue weighted by Gasteiger charge is -2.23. The molecule has 1 aromatic heterocycles. The van der Waals surface area contributed by atoms with E-state index >= 15 is 0 Å². The number of nitrogens with one attached hydrogen (secondary N) is 1. The summed E-state index contributed by atoms with van der Waals surface area (Å²) < 4.78 is 0. The molecule has 0 fully saturated rings. The highest BCUT2D eigenvalue weighted by Crippen LogP contribution is 2.40. The molecular weight excluding hydrogens is 148 g/mol. The van der Waals surface area contributed by atoms with E-state index in [0.717, 1.165) is 0 Å². The van der Waals surface area contributed by atoms with Crippen molar-refractivity contribution in [3.05, 3.63) is 24.0 Å². The molecule has 0 bridgehead atoms. The van der Waals surface area contributed by atoms with Gasteiger partial charge in [-0.15, -0.1) is 0 Å². The molecule has 2 rings (SSSR count). The van der Waals surface area contributed by atoms with Gasteiger partial charge in [-0.05, 0) is 26.0 Å². The summed E-state index contributed by atoms with van der Waals surface area (Å²) in [6.07, 6.45) is 1.86. The SMILES string of the molecule is CC1c2ncccc2NC1(C)C. The number of hydrogen-bond donors (Lipinski definition) is 1. The molecule has 0 aromatic carbocycles. The molecule has 1 atom stereocenters. The minimum Gasteiger partial charge on any atom is -0.378 e. The zero-order valence-electron chi connectivity index (χ0n) is 7.76. The van der Waals surface area contributed by atoms with Gasteiger partial charge >= 0.3 is 0 Å². The van der Waals surface area contributed by atoms with Crippen LogP contribution in [0.5, 0.6) is 0 Å². The number of nitrogens with zero attached hydrogens (tertiary/aromatic N) is 1. The highest BCUT2D eigenvalue weighted by atomic mass is 15.0. The molecule has 1 aromatic rings. The highest BCUT2D eigenvalue weighted by molar-refractivity contribution is 5.57. The van der Waals surface area contributed by atoms with Gasteiger partial charge in [0.25, 0.3) is 0 Å². The van der Waals surface area contributed by atoms with E-state index in [1.807, 2.05) is 12.3 Å². The van der Waals surface area contributed by atoms with E-state index in [0.29, 0.717) is 5.92 Å². The molecule has 1 unspecified atom stereocenters. The standard InChI is InChI=1S/C10H14N2/c1-7-9-8(5-4-6-11-9)12-10(7,2)3/h4-7,12H,1-3H3. The van der Waals surface area contributed by atoms with E-state index in [4.69, 9.17) is 0 Å². The number of pyridine rings is 1. The van der Waals surface area contributed by atoms with Crippen LogP contribution in [0, 0.1) is 0 Å². The van der Waals surface area contributed by atoms with Crippen LogP contribution in [0.2, 0.25) is 0 Å². The van der Waals surface area contributed by atoms with Crippen LogP contribution >= 0.6 is 0 Å². The van der Waals surface area contributed by atoms with E-state index in [2.05, 4.69) is 37.1 Å². The fraction of sp³-hybridized carbons (Fsp3) is 0.500. The van der Waals surface area contributed by atoms with Gasteiger partial charge in [-0.3, -0.25) is 4.98 Å². The lowest BCUT2D eigenvalue weighted by molar-refractivity contribution is 0.496. The Morgan fingerprint density at radius 1 is 1.50 bits per heavy atom. The monoisotopic (exact) mass is 162 g/mol. The van der Waals surface area contributed by atoms with Crippen molar-refractivity contribution in [3.63, 3.8) is 0 Å². The number of hydrogen-bond acceptors (Lipinski definition) is 2. The van der Waals surface area contributed by atoms with Gasteiger partial charge in [0.05, 0.1) is 11.4 Å². The number of fused-ring (bicyclic) bond motifs is 1. The average Bonchev–Trinajstić information content (AvgIpc) is 2.24. The molecule has 2 heteroatoms. The Morgan fingerprint density at radius 3 is 2.92 bits per heavy atom. The van der Waals surface area contributed by atoms with Crippen LogP contribution in [0.1, 0.15) is 32.4 Å². The van der Waals surface area contributed by atoms with E-state index in [-0.39, 0.29) is 5.54 Å². The van der Waals surface area contributed by atoms with Crippen molar-refractivity contribution < 1.29 is 0 Å². The van der Waals surface area contributed by atoms with Gasteiger partial charge in [-0.2, -0.15) is 0 Å². The maximum atomic E-state index is 4.37. The molecule has 64 valence electrons. The van der Waals surface area contributed by atoms with Crippen LogP contribution in [0.15, 0.2) is 18.3 Å². The second kappa shape index (κ2) is 2.22. The Labute approximate surface area is 73.0 Å². The van der Waals surface area contributed by atoms with Crippen molar-refractivity contribution in [2.45, 2.75) is 32.2 Å². The van der Waals surface area contributed by atoms with E-state index in [1.165, 1.54) is 11.4 Å². The minimum atomic E-state index is 0.149. The highest BCUT2D eigenvalue weighted by Gasteiger charge is 2.35. The quantitative estimate of drug-likeness (QED) is 0.633. The van der Waals surface area contributed by atoms with Crippen molar-refractivity contribution in [3.8, 4) is 0 Å². The summed E-state index contributed by atoms with van der Waals surface area (Å²) in [5.74, 6) is 0.494. The Morgan fingerprint density at radius 2 is 2.25 bits per heavy atom. The zero-order valence-corrected chi connectivity index (χ0v) is 7.76. The summed E-state index contributed by atoms with van der Waals surface area (Å²) >= 11 is 0. The molecule has 2 nitrogen and oxygen atoms in total. The van der Waals surface area contributed by atoms with Gasteiger partial charge in [-0.25, -0.2) is 0 Å². The van der Waals surface area contributed by atoms with Gasteiger partial charge < -0.3 is 5.32 Å². The van der Waals surface area contributed by atoms with Crippen LogP contribution < -0.4 is 5.32 Å². The van der Waals surface area contributed by atoms with Gasteiger partial charge in [0, 0.05) is 17.7 Å². The summed E-state index contributed by atoms with van der Waals surface area (Å²) in [7, 11) is 0. The molecule has 1 N–H and O–H groups in total. The molecule has 1 aliphatic rings. The van der Waals surface area contributed by atoms with Crippen molar-refractivity contribution in [2.24, 2.45) is 0 Å². The summed E-state index contributed by atoms with van der Waals surface area (Å²) in [5.41, 5.74) is 2.54. The maximum Gasteiger partial charge on any atom is 0.0685 e. The summed E-state index contributed by atoms with van der Waals surface area (Å²) in [5, 5.41) is 3.46. The predicted molar refractivity (Wildman–Crippen MR) is 50.4 cm³/mol. The Kier molecular flexibility index (Phi) is 1.40.